The van der Waals surface area contributed by atoms with Crippen LogP contribution < -0.4 is 5.32 Å². The lowest BCUT2D eigenvalue weighted by Crippen LogP contribution is -2.40. The summed E-state index contributed by atoms with van der Waals surface area (Å²) in [6.07, 6.45) is 4.52. The van der Waals surface area contributed by atoms with E-state index in [1.807, 2.05) is 11.7 Å². The van der Waals surface area contributed by atoms with Crippen LogP contribution in [-0.4, -0.2) is 36.1 Å². The largest absolute Gasteiger partial charge is 0.317 e. The molecule has 0 saturated carbocycles. The van der Waals surface area contributed by atoms with Crippen molar-refractivity contribution in [2.45, 2.75) is 25.4 Å². The van der Waals surface area contributed by atoms with Crippen LogP contribution in [0, 0.1) is 0 Å². The van der Waals surface area contributed by atoms with Gasteiger partial charge in [-0.25, -0.2) is 0 Å². The fraction of sp³-hybridized carbons (Fsp3) is 0.700. The lowest BCUT2D eigenvalue weighted by molar-refractivity contribution is 0.193. The van der Waals surface area contributed by atoms with Crippen LogP contribution in [0.2, 0.25) is 0 Å². The molecule has 0 aromatic carbocycles. The average molecular weight is 248 g/mol. The van der Waals surface area contributed by atoms with E-state index in [1.54, 1.807) is 11.3 Å². The topological polar surface area (TPSA) is 28.2 Å². The molecule has 0 radical (unpaired) electrons. The first-order valence-corrected chi connectivity index (χ1v) is 6.02. The molecule has 1 N–H and O–H groups in total. The third-order valence-corrected chi connectivity index (χ3v) is 3.59. The number of halogens is 1. The summed E-state index contributed by atoms with van der Waals surface area (Å²) in [6.45, 7) is 3.38. The Bertz CT molecular complexity index is 260. The average Bonchev–Trinajstić information content (AvgIpc) is 2.72. The summed E-state index contributed by atoms with van der Waals surface area (Å²) in [7, 11) is 2.22. The van der Waals surface area contributed by atoms with E-state index in [-0.39, 0.29) is 12.4 Å². The van der Waals surface area contributed by atoms with Crippen molar-refractivity contribution in [1.29, 1.82) is 0 Å². The van der Waals surface area contributed by atoms with Crippen molar-refractivity contribution in [2.24, 2.45) is 0 Å². The van der Waals surface area contributed by atoms with Gasteiger partial charge in [-0.2, -0.15) is 0 Å². The highest BCUT2D eigenvalue weighted by atomic mass is 35.5. The highest BCUT2D eigenvalue weighted by molar-refractivity contribution is 7.09. The zero-order valence-electron chi connectivity index (χ0n) is 8.98. The predicted molar refractivity (Wildman–Crippen MR) is 66.7 cm³/mol. The fourth-order valence-electron chi connectivity index (χ4n) is 1.94. The van der Waals surface area contributed by atoms with Crippen molar-refractivity contribution in [3.63, 3.8) is 0 Å². The molecule has 86 valence electrons. The Kier molecular flexibility index (Phi) is 5.53. The molecule has 0 atom stereocenters. The maximum absolute atomic E-state index is 4.10. The molecule has 1 fully saturated rings. The number of piperidine rings is 1. The fourth-order valence-corrected chi connectivity index (χ4v) is 2.60. The molecule has 2 rings (SSSR count). The molecular formula is C10H18ClN3S. The molecular weight excluding hydrogens is 230 g/mol. The third-order valence-electron chi connectivity index (χ3n) is 2.82. The second-order valence-corrected chi connectivity index (χ2v) is 4.83. The number of thiazole rings is 1. The van der Waals surface area contributed by atoms with E-state index < -0.39 is 0 Å². The molecule has 0 amide bonds. The first-order chi connectivity index (χ1) is 6.86. The molecule has 1 aromatic heterocycles. The van der Waals surface area contributed by atoms with Gasteiger partial charge >= 0.3 is 0 Å². The summed E-state index contributed by atoms with van der Waals surface area (Å²) in [5.74, 6) is 0. The molecule has 2 heterocycles. The number of nitrogens with one attached hydrogen (secondary N) is 1. The molecule has 1 aliphatic heterocycles. The molecule has 5 heteroatoms. The van der Waals surface area contributed by atoms with Gasteiger partial charge in [0, 0.05) is 23.7 Å². The maximum Gasteiger partial charge on any atom is 0.0794 e. The van der Waals surface area contributed by atoms with Crippen molar-refractivity contribution >= 4 is 23.7 Å². The van der Waals surface area contributed by atoms with E-state index in [0.29, 0.717) is 0 Å². The van der Waals surface area contributed by atoms with Gasteiger partial charge in [-0.1, -0.05) is 0 Å². The molecule has 0 spiro atoms. The molecule has 1 aromatic rings. The summed E-state index contributed by atoms with van der Waals surface area (Å²) < 4.78 is 0. The van der Waals surface area contributed by atoms with E-state index in [4.69, 9.17) is 0 Å². The van der Waals surface area contributed by atoms with Crippen LogP contribution in [-0.2, 0) is 6.54 Å². The van der Waals surface area contributed by atoms with Crippen molar-refractivity contribution < 1.29 is 0 Å². The smallest absolute Gasteiger partial charge is 0.0794 e. The van der Waals surface area contributed by atoms with Crippen LogP contribution in [0.25, 0.3) is 0 Å². The molecule has 1 aliphatic rings. The Morgan fingerprint density at radius 2 is 2.27 bits per heavy atom. The van der Waals surface area contributed by atoms with Crippen molar-refractivity contribution in [2.75, 3.05) is 20.1 Å². The number of rotatable bonds is 3. The SMILES string of the molecule is CN(Cc1cncs1)C1CCNCC1.Cl. The van der Waals surface area contributed by atoms with Gasteiger partial charge in [-0.15, -0.1) is 23.7 Å². The van der Waals surface area contributed by atoms with Crippen LogP contribution >= 0.6 is 23.7 Å². The summed E-state index contributed by atoms with van der Waals surface area (Å²) >= 11 is 1.75. The monoisotopic (exact) mass is 247 g/mol. The van der Waals surface area contributed by atoms with E-state index >= 15 is 0 Å². The molecule has 1 saturated heterocycles. The molecule has 0 bridgehead atoms. The predicted octanol–water partition coefficient (Wildman–Crippen LogP) is 1.75. The standard InChI is InChI=1S/C10H17N3S.ClH/c1-13(7-10-6-12-8-14-10)9-2-4-11-5-3-9;/h6,8-9,11H,2-5,7H2,1H3;1H. The number of nitrogens with zero attached hydrogens (tertiary/aromatic N) is 2. The van der Waals surface area contributed by atoms with Crippen LogP contribution in [0.15, 0.2) is 11.7 Å². The third kappa shape index (κ3) is 3.72. The minimum absolute atomic E-state index is 0. The first kappa shape index (κ1) is 12.9. The van der Waals surface area contributed by atoms with Gasteiger partial charge in [0.15, 0.2) is 0 Å². The van der Waals surface area contributed by atoms with Gasteiger partial charge in [0.05, 0.1) is 5.51 Å². The van der Waals surface area contributed by atoms with Crippen LogP contribution in [0.5, 0.6) is 0 Å². The second-order valence-electron chi connectivity index (χ2n) is 3.86. The lowest BCUT2D eigenvalue weighted by atomic mass is 10.1. The summed E-state index contributed by atoms with van der Waals surface area (Å²) in [5.41, 5.74) is 1.91. The summed E-state index contributed by atoms with van der Waals surface area (Å²) in [4.78, 5) is 7.92. The van der Waals surface area contributed by atoms with Crippen molar-refractivity contribution in [3.05, 3.63) is 16.6 Å². The van der Waals surface area contributed by atoms with Crippen LogP contribution in [0.1, 0.15) is 17.7 Å². The Balaban J connectivity index is 0.00000112. The minimum atomic E-state index is 0. The van der Waals surface area contributed by atoms with Crippen LogP contribution in [0.4, 0.5) is 0 Å². The van der Waals surface area contributed by atoms with Gasteiger partial charge in [-0.3, -0.25) is 9.88 Å². The van der Waals surface area contributed by atoms with Gasteiger partial charge in [0.1, 0.15) is 0 Å². The van der Waals surface area contributed by atoms with E-state index in [0.717, 1.165) is 25.7 Å². The number of aromatic nitrogens is 1. The summed E-state index contributed by atoms with van der Waals surface area (Å²) in [6, 6.07) is 0.748. The Morgan fingerprint density at radius 1 is 1.53 bits per heavy atom. The van der Waals surface area contributed by atoms with Gasteiger partial charge in [0.2, 0.25) is 0 Å². The second kappa shape index (κ2) is 6.43. The zero-order valence-corrected chi connectivity index (χ0v) is 10.6. The van der Waals surface area contributed by atoms with E-state index in [2.05, 4.69) is 22.2 Å². The van der Waals surface area contributed by atoms with E-state index in [9.17, 15) is 0 Å². The molecule has 3 nitrogen and oxygen atoms in total. The van der Waals surface area contributed by atoms with Gasteiger partial charge in [0.25, 0.3) is 0 Å². The zero-order chi connectivity index (χ0) is 9.80. The van der Waals surface area contributed by atoms with Crippen LogP contribution in [0.3, 0.4) is 0 Å². The normalized spacial score (nSPS) is 17.7. The Morgan fingerprint density at radius 3 is 2.87 bits per heavy atom. The van der Waals surface area contributed by atoms with E-state index in [1.165, 1.54) is 17.7 Å². The Labute approximate surface area is 101 Å². The first-order valence-electron chi connectivity index (χ1n) is 5.14. The maximum atomic E-state index is 4.10. The summed E-state index contributed by atoms with van der Waals surface area (Å²) in [5, 5.41) is 3.39. The quantitative estimate of drug-likeness (QED) is 0.882. The van der Waals surface area contributed by atoms with Gasteiger partial charge < -0.3 is 5.32 Å². The molecule has 0 unspecified atom stereocenters. The Hall–Kier alpha value is -0.160. The number of hydrogen-bond acceptors (Lipinski definition) is 4. The van der Waals surface area contributed by atoms with Gasteiger partial charge in [-0.05, 0) is 33.0 Å². The molecule has 0 aliphatic carbocycles. The minimum Gasteiger partial charge on any atom is -0.317 e. The highest BCUT2D eigenvalue weighted by Crippen LogP contribution is 2.15. The van der Waals surface area contributed by atoms with Crippen molar-refractivity contribution in [3.8, 4) is 0 Å². The highest BCUT2D eigenvalue weighted by Gasteiger charge is 2.17. The van der Waals surface area contributed by atoms with Crippen molar-refractivity contribution in [1.82, 2.24) is 15.2 Å². The molecule has 15 heavy (non-hydrogen) atoms. The lowest BCUT2D eigenvalue weighted by Gasteiger charge is -2.31. The number of hydrogen-bond donors (Lipinski definition) is 1.